The van der Waals surface area contributed by atoms with Gasteiger partial charge in [0.25, 0.3) is 0 Å². The summed E-state index contributed by atoms with van der Waals surface area (Å²) >= 11 is 0. The minimum Gasteiger partial charge on any atom is -0.409 e. The Morgan fingerprint density at radius 1 is 0.793 bits per heavy atom. The fraction of sp³-hybridized carbons (Fsp3) is 0.409. The molecule has 0 spiro atoms. The molecule has 6 nitrogen and oxygen atoms in total. The Labute approximate surface area is 173 Å². The van der Waals surface area contributed by atoms with Crippen molar-refractivity contribution in [1.29, 1.82) is 0 Å². The van der Waals surface area contributed by atoms with Crippen LogP contribution in [-0.2, 0) is 10.3 Å². The smallest absolute Gasteiger partial charge is 0.409 e. The molecule has 0 bridgehead atoms. The third-order valence-electron chi connectivity index (χ3n) is 4.47. The van der Waals surface area contributed by atoms with Crippen molar-refractivity contribution in [2.75, 3.05) is 0 Å². The van der Waals surface area contributed by atoms with Crippen molar-refractivity contribution in [1.82, 2.24) is 4.72 Å². The highest BCUT2D eigenvalue weighted by Gasteiger charge is 2.24. The first-order valence-corrected chi connectivity index (χ1v) is 11.1. The summed E-state index contributed by atoms with van der Waals surface area (Å²) in [6, 6.07) is 12.5. The fourth-order valence-corrected chi connectivity index (χ4v) is 3.68. The van der Waals surface area contributed by atoms with E-state index in [2.05, 4.69) is 0 Å². The molecule has 0 heterocycles. The lowest BCUT2D eigenvalue weighted by Crippen LogP contribution is -2.36. The highest BCUT2D eigenvalue weighted by Crippen LogP contribution is 2.35. The standard InChI is InChI=1S/C22H29NO5S/c1-14(2)17-10-7-8-13-20(17)27-22(24)23-29(25,26)28-21-18(15(3)4)11-9-12-19(21)16(5)6/h7-16H,1-6H3,(H,23,24). The maximum Gasteiger partial charge on any atom is 0.429 e. The van der Waals surface area contributed by atoms with E-state index >= 15 is 0 Å². The summed E-state index contributed by atoms with van der Waals surface area (Å²) in [5.41, 5.74) is 2.30. The van der Waals surface area contributed by atoms with E-state index in [1.807, 2.05) is 76.6 Å². The van der Waals surface area contributed by atoms with Crippen molar-refractivity contribution in [3.05, 3.63) is 59.2 Å². The van der Waals surface area contributed by atoms with E-state index in [9.17, 15) is 13.2 Å². The van der Waals surface area contributed by atoms with Gasteiger partial charge in [0.1, 0.15) is 5.75 Å². The number of para-hydroxylation sites is 2. The van der Waals surface area contributed by atoms with Crippen molar-refractivity contribution in [2.24, 2.45) is 0 Å². The van der Waals surface area contributed by atoms with Crippen molar-refractivity contribution in [2.45, 2.75) is 59.3 Å². The SMILES string of the molecule is CC(C)c1ccccc1OC(=O)NS(=O)(=O)Oc1c(C(C)C)cccc1C(C)C. The van der Waals surface area contributed by atoms with Crippen LogP contribution in [0.25, 0.3) is 0 Å². The van der Waals surface area contributed by atoms with Crippen LogP contribution in [0.5, 0.6) is 11.5 Å². The molecule has 0 fully saturated rings. The number of ether oxygens (including phenoxy) is 1. The summed E-state index contributed by atoms with van der Waals surface area (Å²) < 4.78 is 37.5. The number of nitrogens with one attached hydrogen (secondary N) is 1. The van der Waals surface area contributed by atoms with Crippen LogP contribution < -0.4 is 13.6 Å². The summed E-state index contributed by atoms with van der Waals surface area (Å²) in [6.45, 7) is 11.7. The van der Waals surface area contributed by atoms with Crippen LogP contribution in [0, 0.1) is 0 Å². The number of benzene rings is 2. The Hall–Kier alpha value is -2.54. The largest absolute Gasteiger partial charge is 0.429 e. The molecular formula is C22H29NO5S. The van der Waals surface area contributed by atoms with E-state index in [4.69, 9.17) is 8.92 Å². The fourth-order valence-electron chi connectivity index (χ4n) is 2.98. The zero-order chi connectivity index (χ0) is 21.8. The normalized spacial score (nSPS) is 11.8. The molecule has 0 aliphatic rings. The van der Waals surface area contributed by atoms with Gasteiger partial charge in [-0.15, -0.1) is 0 Å². The van der Waals surface area contributed by atoms with E-state index in [0.29, 0.717) is 5.75 Å². The van der Waals surface area contributed by atoms with Crippen LogP contribution in [-0.4, -0.2) is 14.5 Å². The van der Waals surface area contributed by atoms with Crippen LogP contribution in [0.2, 0.25) is 0 Å². The van der Waals surface area contributed by atoms with Gasteiger partial charge in [0.2, 0.25) is 0 Å². The third-order valence-corrected chi connectivity index (χ3v) is 5.27. The molecule has 0 saturated heterocycles. The Kier molecular flexibility index (Phi) is 7.30. The van der Waals surface area contributed by atoms with Crippen LogP contribution in [0.15, 0.2) is 42.5 Å². The first-order valence-electron chi connectivity index (χ1n) is 9.67. The second-order valence-electron chi connectivity index (χ2n) is 7.80. The molecule has 2 aromatic rings. The Bertz CT molecular complexity index is 939. The highest BCUT2D eigenvalue weighted by molar-refractivity contribution is 7.85. The molecule has 0 radical (unpaired) electrons. The van der Waals surface area contributed by atoms with Crippen molar-refractivity contribution in [3.8, 4) is 11.5 Å². The number of hydrogen-bond donors (Lipinski definition) is 1. The molecule has 2 rings (SSSR count). The molecule has 1 N–H and O–H groups in total. The number of carbonyl (C=O) groups is 1. The van der Waals surface area contributed by atoms with E-state index < -0.39 is 16.4 Å². The van der Waals surface area contributed by atoms with E-state index in [0.717, 1.165) is 16.7 Å². The summed E-state index contributed by atoms with van der Waals surface area (Å²) in [7, 11) is -4.42. The molecule has 158 valence electrons. The minimum absolute atomic E-state index is 0.0452. The molecule has 0 aliphatic heterocycles. The summed E-state index contributed by atoms with van der Waals surface area (Å²) in [6.07, 6.45) is -1.12. The monoisotopic (exact) mass is 419 g/mol. The van der Waals surface area contributed by atoms with Crippen LogP contribution in [0.3, 0.4) is 0 Å². The molecule has 0 atom stereocenters. The van der Waals surface area contributed by atoms with Gasteiger partial charge >= 0.3 is 16.4 Å². The van der Waals surface area contributed by atoms with Crippen molar-refractivity contribution >= 4 is 16.4 Å². The first-order chi connectivity index (χ1) is 13.5. The van der Waals surface area contributed by atoms with Gasteiger partial charge in [-0.3, -0.25) is 0 Å². The van der Waals surface area contributed by atoms with Gasteiger partial charge in [0.05, 0.1) is 0 Å². The second kappa shape index (κ2) is 9.31. The summed E-state index contributed by atoms with van der Waals surface area (Å²) in [4.78, 5) is 12.2. The van der Waals surface area contributed by atoms with Gasteiger partial charge in [-0.05, 0) is 40.5 Å². The molecule has 1 amide bonds. The maximum atomic E-state index is 12.5. The lowest BCUT2D eigenvalue weighted by Gasteiger charge is -2.19. The number of hydrogen-bond acceptors (Lipinski definition) is 5. The van der Waals surface area contributed by atoms with Crippen LogP contribution in [0.4, 0.5) is 4.79 Å². The third kappa shape index (κ3) is 5.97. The molecule has 0 aliphatic carbocycles. The second-order valence-corrected chi connectivity index (χ2v) is 9.08. The van der Waals surface area contributed by atoms with Crippen LogP contribution in [0.1, 0.15) is 76.0 Å². The molecule has 2 aromatic carbocycles. The van der Waals surface area contributed by atoms with E-state index in [1.165, 1.54) is 0 Å². The van der Waals surface area contributed by atoms with Gasteiger partial charge < -0.3 is 8.92 Å². The van der Waals surface area contributed by atoms with Crippen molar-refractivity contribution in [3.63, 3.8) is 0 Å². The molecule has 0 saturated carbocycles. The lowest BCUT2D eigenvalue weighted by molar-refractivity contribution is 0.205. The van der Waals surface area contributed by atoms with E-state index in [1.54, 1.807) is 12.1 Å². The molecule has 0 aromatic heterocycles. The number of rotatable bonds is 7. The average molecular weight is 420 g/mol. The van der Waals surface area contributed by atoms with Gasteiger partial charge in [-0.25, -0.2) is 4.79 Å². The summed E-state index contributed by atoms with van der Waals surface area (Å²) in [5, 5.41) is 0. The summed E-state index contributed by atoms with van der Waals surface area (Å²) in [5.74, 6) is 0.756. The quantitative estimate of drug-likeness (QED) is 0.643. The van der Waals surface area contributed by atoms with Crippen LogP contribution >= 0.6 is 0 Å². The van der Waals surface area contributed by atoms with E-state index in [-0.39, 0.29) is 23.5 Å². The minimum atomic E-state index is -4.42. The van der Waals surface area contributed by atoms with Gasteiger partial charge in [0, 0.05) is 0 Å². The molecular weight excluding hydrogens is 390 g/mol. The number of carbonyl (C=O) groups excluding carboxylic acids is 1. The Balaban J connectivity index is 2.24. The first kappa shape index (κ1) is 22.7. The predicted octanol–water partition coefficient (Wildman–Crippen LogP) is 5.47. The molecule has 7 heteroatoms. The van der Waals surface area contributed by atoms with Gasteiger partial charge in [-0.2, -0.15) is 13.1 Å². The van der Waals surface area contributed by atoms with Gasteiger partial charge in [-0.1, -0.05) is 77.9 Å². The zero-order valence-corrected chi connectivity index (χ0v) is 18.5. The maximum absolute atomic E-state index is 12.5. The zero-order valence-electron chi connectivity index (χ0n) is 17.7. The Morgan fingerprint density at radius 2 is 1.28 bits per heavy atom. The Morgan fingerprint density at radius 3 is 1.79 bits per heavy atom. The van der Waals surface area contributed by atoms with Gasteiger partial charge in [0.15, 0.2) is 5.75 Å². The number of amides is 1. The predicted molar refractivity (Wildman–Crippen MR) is 114 cm³/mol. The topological polar surface area (TPSA) is 81.7 Å². The molecule has 29 heavy (non-hydrogen) atoms. The average Bonchev–Trinajstić information content (AvgIpc) is 2.60. The highest BCUT2D eigenvalue weighted by atomic mass is 32.2. The van der Waals surface area contributed by atoms with Crippen molar-refractivity contribution < 1.29 is 22.1 Å². The lowest BCUT2D eigenvalue weighted by atomic mass is 9.94. The molecule has 0 unspecified atom stereocenters.